The first-order valence-electron chi connectivity index (χ1n) is 7.01. The molecule has 1 saturated heterocycles. The fraction of sp³-hybridized carbons (Fsp3) is 0.545. The van der Waals surface area contributed by atoms with Crippen LogP contribution in [0, 0.1) is 0 Å². The summed E-state index contributed by atoms with van der Waals surface area (Å²) in [5.41, 5.74) is 5.41. The molecule has 2 aromatic rings. The lowest BCUT2D eigenvalue weighted by atomic mass is 10.1. The van der Waals surface area contributed by atoms with Crippen LogP contribution >= 0.6 is 7.82 Å². The van der Waals surface area contributed by atoms with Crippen molar-refractivity contribution >= 4 is 24.8 Å². The van der Waals surface area contributed by atoms with Crippen molar-refractivity contribution in [2.24, 2.45) is 7.05 Å². The van der Waals surface area contributed by atoms with E-state index in [0.717, 1.165) is 4.57 Å². The van der Waals surface area contributed by atoms with Gasteiger partial charge in [0.15, 0.2) is 12.0 Å². The van der Waals surface area contributed by atoms with E-state index in [9.17, 15) is 19.6 Å². The number of phosphoric ester groups is 1. The smallest absolute Gasteiger partial charge is 0.387 e. The Kier molecular flexibility index (Phi) is 4.41. The number of fused-ring (bicyclic) bond motifs is 1. The van der Waals surface area contributed by atoms with Gasteiger partial charge in [0.1, 0.15) is 29.5 Å². The fourth-order valence-electron chi connectivity index (χ4n) is 2.64. The summed E-state index contributed by atoms with van der Waals surface area (Å²) in [7, 11) is -3.35. The number of aliphatic hydroxyl groups is 2. The molecule has 0 aliphatic carbocycles. The Morgan fingerprint density at radius 3 is 2.72 bits per heavy atom. The molecule has 0 amide bonds. The van der Waals surface area contributed by atoms with E-state index in [1.807, 2.05) is 0 Å². The molecule has 1 fully saturated rings. The number of aryl methyl sites for hydroxylation is 1. The summed E-state index contributed by atoms with van der Waals surface area (Å²) in [6, 6.07) is 0. The number of imidazole rings is 1. The van der Waals surface area contributed by atoms with E-state index < -0.39 is 44.7 Å². The van der Waals surface area contributed by atoms with E-state index in [-0.39, 0.29) is 17.0 Å². The van der Waals surface area contributed by atoms with Gasteiger partial charge in [0.2, 0.25) is 0 Å². The average Bonchev–Trinajstić information content (AvgIpc) is 3.06. The number of nitrogens with zero attached hydrogens (tertiary/aromatic N) is 4. The van der Waals surface area contributed by atoms with Gasteiger partial charge in [-0.15, -0.1) is 0 Å². The van der Waals surface area contributed by atoms with E-state index >= 15 is 0 Å². The molecule has 6 N–H and O–H groups in total. The zero-order valence-electron chi connectivity index (χ0n) is 12.8. The van der Waals surface area contributed by atoms with Gasteiger partial charge in [0, 0.05) is 7.05 Å². The largest absolute Gasteiger partial charge is 0.469 e. The molecule has 0 spiro atoms. The summed E-state index contributed by atoms with van der Waals surface area (Å²) in [6.45, 7) is -0.645. The summed E-state index contributed by atoms with van der Waals surface area (Å²) < 4.78 is 23.0. The third-order valence-corrected chi connectivity index (χ3v) is 4.33. The van der Waals surface area contributed by atoms with E-state index in [0.29, 0.717) is 0 Å². The number of hydrogen-bond acceptors (Lipinski definition) is 9. The Bertz CT molecular complexity index is 906. The van der Waals surface area contributed by atoms with Crippen LogP contribution in [0.15, 0.2) is 11.1 Å². The van der Waals surface area contributed by atoms with Crippen molar-refractivity contribution in [2.45, 2.75) is 24.5 Å². The second-order valence-electron chi connectivity index (χ2n) is 5.50. The van der Waals surface area contributed by atoms with Gasteiger partial charge in [-0.05, 0) is 0 Å². The van der Waals surface area contributed by atoms with Crippen LogP contribution < -0.4 is 11.4 Å². The molecule has 3 heterocycles. The van der Waals surface area contributed by atoms with Gasteiger partial charge in [0.05, 0.1) is 12.9 Å². The van der Waals surface area contributed by atoms with Crippen molar-refractivity contribution in [2.75, 3.05) is 12.3 Å². The van der Waals surface area contributed by atoms with E-state index in [4.69, 9.17) is 20.3 Å². The quantitative estimate of drug-likeness (QED) is 0.352. The van der Waals surface area contributed by atoms with Gasteiger partial charge < -0.3 is 30.5 Å². The van der Waals surface area contributed by atoms with Crippen molar-refractivity contribution in [3.05, 3.63) is 16.8 Å². The number of anilines is 1. The van der Waals surface area contributed by atoms with Gasteiger partial charge in [-0.2, -0.15) is 4.98 Å². The molecule has 4 atom stereocenters. The van der Waals surface area contributed by atoms with Crippen LogP contribution in [0.5, 0.6) is 0 Å². The molecule has 2 aromatic heterocycles. The number of ether oxygens (including phenoxy) is 1. The molecule has 138 valence electrons. The maximum atomic E-state index is 11.8. The van der Waals surface area contributed by atoms with Gasteiger partial charge in [-0.1, -0.05) is 0 Å². The Balaban J connectivity index is 1.96. The highest BCUT2D eigenvalue weighted by atomic mass is 31.2. The number of hydrogen-bond donors (Lipinski definition) is 5. The second-order valence-corrected chi connectivity index (χ2v) is 6.73. The summed E-state index contributed by atoms with van der Waals surface area (Å²) >= 11 is 0. The molecule has 25 heavy (non-hydrogen) atoms. The molecule has 0 unspecified atom stereocenters. The fourth-order valence-corrected chi connectivity index (χ4v) is 2.98. The molecular weight excluding hydrogens is 361 g/mol. The standard InChI is InChI=1S/C11H16N5O8P/c1-15-9-5(8(12)14-11(15)19)13-3-16(9)10-7(18)6(17)4(24-10)2-23-25(20,21)22/h3-4,6-7,10,17-18H,2H2,1H3,(H2,12,14,19)(H2,20,21,22)/t4-,6-,7-,10-/m1/s1. The number of aliphatic hydroxyl groups excluding tert-OH is 2. The summed E-state index contributed by atoms with van der Waals surface area (Å²) in [4.78, 5) is 36.9. The van der Waals surface area contributed by atoms with Crippen molar-refractivity contribution in [3.63, 3.8) is 0 Å². The lowest BCUT2D eigenvalue weighted by Gasteiger charge is -2.18. The lowest BCUT2D eigenvalue weighted by molar-refractivity contribution is -0.0505. The molecule has 0 aromatic carbocycles. The Morgan fingerprint density at radius 1 is 1.40 bits per heavy atom. The minimum atomic E-state index is -4.77. The SMILES string of the molecule is Cn1c(=O)nc(N)c2ncn([C@@H]3O[C@H](COP(=O)(O)O)[C@@H](O)[C@H]3O)c21. The predicted molar refractivity (Wildman–Crippen MR) is 81.1 cm³/mol. The highest BCUT2D eigenvalue weighted by Gasteiger charge is 2.45. The van der Waals surface area contributed by atoms with E-state index in [2.05, 4.69) is 14.5 Å². The highest BCUT2D eigenvalue weighted by Crippen LogP contribution is 2.38. The van der Waals surface area contributed by atoms with Crippen LogP contribution in [0.25, 0.3) is 11.2 Å². The van der Waals surface area contributed by atoms with Crippen LogP contribution in [0.4, 0.5) is 5.82 Å². The Labute approximate surface area is 139 Å². The van der Waals surface area contributed by atoms with Crippen LogP contribution in [-0.2, 0) is 20.9 Å². The first-order valence-corrected chi connectivity index (χ1v) is 8.54. The number of aromatic nitrogens is 4. The number of nitrogens with two attached hydrogens (primary N) is 1. The van der Waals surface area contributed by atoms with Gasteiger partial charge in [-0.25, -0.2) is 14.3 Å². The molecule has 13 nitrogen and oxygen atoms in total. The van der Waals surface area contributed by atoms with Crippen LogP contribution in [0.1, 0.15) is 6.23 Å². The van der Waals surface area contributed by atoms with Gasteiger partial charge >= 0.3 is 13.5 Å². The average molecular weight is 377 g/mol. The minimum absolute atomic E-state index is 0.105. The van der Waals surface area contributed by atoms with Crippen LogP contribution in [-0.4, -0.2) is 64.0 Å². The molecule has 14 heteroatoms. The highest BCUT2D eigenvalue weighted by molar-refractivity contribution is 7.46. The molecule has 0 saturated carbocycles. The van der Waals surface area contributed by atoms with Crippen molar-refractivity contribution < 1.29 is 33.8 Å². The van der Waals surface area contributed by atoms with E-state index in [1.165, 1.54) is 17.9 Å². The van der Waals surface area contributed by atoms with E-state index in [1.54, 1.807) is 0 Å². The van der Waals surface area contributed by atoms with Crippen molar-refractivity contribution in [1.29, 1.82) is 0 Å². The van der Waals surface area contributed by atoms with Gasteiger partial charge in [0.25, 0.3) is 0 Å². The summed E-state index contributed by atoms with van der Waals surface area (Å²) in [5, 5.41) is 20.2. The monoisotopic (exact) mass is 377 g/mol. The predicted octanol–water partition coefficient (Wildman–Crippen LogP) is -2.56. The Morgan fingerprint density at radius 2 is 2.08 bits per heavy atom. The number of phosphoric acid groups is 1. The molecule has 3 rings (SSSR count). The topological polar surface area (TPSA) is 195 Å². The number of rotatable bonds is 4. The van der Waals surface area contributed by atoms with Crippen molar-refractivity contribution in [1.82, 2.24) is 19.1 Å². The van der Waals surface area contributed by atoms with Gasteiger partial charge in [-0.3, -0.25) is 13.7 Å². The zero-order valence-corrected chi connectivity index (χ0v) is 13.7. The van der Waals surface area contributed by atoms with Crippen LogP contribution in [0.3, 0.4) is 0 Å². The zero-order chi connectivity index (χ0) is 18.5. The third-order valence-electron chi connectivity index (χ3n) is 3.85. The Hall–Kier alpha value is -1.86. The normalized spacial score (nSPS) is 27.2. The first kappa shape index (κ1) is 17.9. The minimum Gasteiger partial charge on any atom is -0.387 e. The lowest BCUT2D eigenvalue weighted by Crippen LogP contribution is -2.33. The summed E-state index contributed by atoms with van der Waals surface area (Å²) in [6.07, 6.45) is -4.09. The molecule has 1 aliphatic rings. The maximum absolute atomic E-state index is 11.8. The molecular formula is C11H16N5O8P. The van der Waals surface area contributed by atoms with Crippen molar-refractivity contribution in [3.8, 4) is 0 Å². The first-order chi connectivity index (χ1) is 11.6. The third kappa shape index (κ3) is 3.18. The summed E-state index contributed by atoms with van der Waals surface area (Å²) in [5.74, 6) is -0.105. The molecule has 1 aliphatic heterocycles. The van der Waals surface area contributed by atoms with Crippen LogP contribution in [0.2, 0.25) is 0 Å². The number of nitrogen functional groups attached to an aromatic ring is 1. The second kappa shape index (κ2) is 6.14. The molecule has 0 bridgehead atoms. The molecule has 0 radical (unpaired) electrons. The maximum Gasteiger partial charge on any atom is 0.469 e.